The lowest BCUT2D eigenvalue weighted by atomic mass is 10.2. The van der Waals surface area contributed by atoms with Crippen molar-refractivity contribution in [2.24, 2.45) is 0 Å². The van der Waals surface area contributed by atoms with E-state index in [0.717, 1.165) is 23.7 Å². The van der Waals surface area contributed by atoms with Gasteiger partial charge in [-0.05, 0) is 31.4 Å². The predicted octanol–water partition coefficient (Wildman–Crippen LogP) is 2.17. The first-order valence-corrected chi connectivity index (χ1v) is 7.18. The number of thiophene rings is 1. The van der Waals surface area contributed by atoms with Crippen LogP contribution in [0.25, 0.3) is 0 Å². The summed E-state index contributed by atoms with van der Waals surface area (Å²) in [6.45, 7) is 1.57. The first kappa shape index (κ1) is 13.8. The SMILES string of the molecule is O=C(O)C1CCC(CNCCc2ccc(Cl)s2)O1. The fourth-order valence-electron chi connectivity index (χ4n) is 2.00. The summed E-state index contributed by atoms with van der Waals surface area (Å²) in [6, 6.07) is 3.93. The summed E-state index contributed by atoms with van der Waals surface area (Å²) < 4.78 is 6.21. The molecule has 0 aliphatic carbocycles. The number of rotatable bonds is 6. The Morgan fingerprint density at radius 1 is 1.56 bits per heavy atom. The number of carboxylic acid groups (broad SMARTS) is 1. The van der Waals surface area contributed by atoms with Gasteiger partial charge in [-0.3, -0.25) is 0 Å². The zero-order valence-corrected chi connectivity index (χ0v) is 11.5. The maximum Gasteiger partial charge on any atom is 0.332 e. The predicted molar refractivity (Wildman–Crippen MR) is 71.4 cm³/mol. The lowest BCUT2D eigenvalue weighted by Crippen LogP contribution is -2.30. The molecule has 2 unspecified atom stereocenters. The highest BCUT2D eigenvalue weighted by molar-refractivity contribution is 7.16. The Labute approximate surface area is 115 Å². The van der Waals surface area contributed by atoms with Crippen molar-refractivity contribution in [2.75, 3.05) is 13.1 Å². The Hall–Kier alpha value is -0.620. The Morgan fingerprint density at radius 3 is 3.00 bits per heavy atom. The van der Waals surface area contributed by atoms with Crippen LogP contribution in [-0.2, 0) is 16.0 Å². The molecule has 0 bridgehead atoms. The summed E-state index contributed by atoms with van der Waals surface area (Å²) in [5.41, 5.74) is 0. The lowest BCUT2D eigenvalue weighted by molar-refractivity contribution is -0.149. The highest BCUT2D eigenvalue weighted by Gasteiger charge is 2.29. The quantitative estimate of drug-likeness (QED) is 0.788. The third-order valence-electron chi connectivity index (χ3n) is 2.93. The van der Waals surface area contributed by atoms with Crippen LogP contribution in [0.2, 0.25) is 4.34 Å². The number of ether oxygens (including phenoxy) is 1. The van der Waals surface area contributed by atoms with E-state index in [9.17, 15) is 4.79 Å². The van der Waals surface area contributed by atoms with Gasteiger partial charge in [0, 0.05) is 18.0 Å². The molecule has 0 spiro atoms. The van der Waals surface area contributed by atoms with Crippen molar-refractivity contribution in [3.05, 3.63) is 21.3 Å². The number of hydrogen-bond donors (Lipinski definition) is 2. The number of hydrogen-bond acceptors (Lipinski definition) is 4. The molecule has 1 aliphatic rings. The maximum absolute atomic E-state index is 10.7. The molecule has 1 fully saturated rings. The van der Waals surface area contributed by atoms with Gasteiger partial charge in [0.2, 0.25) is 0 Å². The van der Waals surface area contributed by atoms with Gasteiger partial charge in [-0.15, -0.1) is 11.3 Å². The van der Waals surface area contributed by atoms with Crippen molar-refractivity contribution >= 4 is 28.9 Å². The molecular formula is C12H16ClNO3S. The van der Waals surface area contributed by atoms with Crippen LogP contribution in [-0.4, -0.2) is 36.4 Å². The molecular weight excluding hydrogens is 274 g/mol. The van der Waals surface area contributed by atoms with Gasteiger partial charge in [-0.2, -0.15) is 0 Å². The molecule has 1 saturated heterocycles. The van der Waals surface area contributed by atoms with Gasteiger partial charge in [0.25, 0.3) is 0 Å². The largest absolute Gasteiger partial charge is 0.479 e. The number of carboxylic acids is 1. The Kier molecular flexibility index (Phi) is 5.00. The van der Waals surface area contributed by atoms with Crippen molar-refractivity contribution < 1.29 is 14.6 Å². The van der Waals surface area contributed by atoms with E-state index in [2.05, 4.69) is 5.32 Å². The smallest absolute Gasteiger partial charge is 0.332 e. The lowest BCUT2D eigenvalue weighted by Gasteiger charge is -2.11. The Balaban J connectivity index is 1.60. The first-order valence-electron chi connectivity index (χ1n) is 5.98. The summed E-state index contributed by atoms with van der Waals surface area (Å²) in [4.78, 5) is 12.0. The summed E-state index contributed by atoms with van der Waals surface area (Å²) >= 11 is 7.44. The van der Waals surface area contributed by atoms with E-state index in [-0.39, 0.29) is 6.10 Å². The van der Waals surface area contributed by atoms with E-state index in [1.807, 2.05) is 12.1 Å². The molecule has 0 amide bonds. The third kappa shape index (κ3) is 3.95. The number of halogens is 1. The standard InChI is InChI=1S/C12H16ClNO3S/c13-11-4-2-9(18-11)5-6-14-7-8-1-3-10(17-8)12(15)16/h2,4,8,10,14H,1,3,5-7H2,(H,15,16). The average Bonchev–Trinajstić information content (AvgIpc) is 2.93. The Morgan fingerprint density at radius 2 is 2.39 bits per heavy atom. The molecule has 0 saturated carbocycles. The fraction of sp³-hybridized carbons (Fsp3) is 0.583. The molecule has 100 valence electrons. The number of nitrogens with one attached hydrogen (secondary N) is 1. The molecule has 0 aromatic carbocycles. The van der Waals surface area contributed by atoms with Crippen LogP contribution in [0, 0.1) is 0 Å². The van der Waals surface area contributed by atoms with E-state index >= 15 is 0 Å². The normalized spacial score (nSPS) is 23.4. The van der Waals surface area contributed by atoms with Gasteiger partial charge >= 0.3 is 5.97 Å². The summed E-state index contributed by atoms with van der Waals surface area (Å²) in [5, 5.41) is 12.1. The van der Waals surface area contributed by atoms with Gasteiger partial charge in [0.1, 0.15) is 0 Å². The van der Waals surface area contributed by atoms with E-state index < -0.39 is 12.1 Å². The highest BCUT2D eigenvalue weighted by atomic mass is 35.5. The highest BCUT2D eigenvalue weighted by Crippen LogP contribution is 2.21. The second-order valence-electron chi connectivity index (χ2n) is 4.32. The molecule has 2 atom stereocenters. The minimum absolute atomic E-state index is 0.0259. The Bertz CT molecular complexity index is 410. The molecule has 1 aromatic rings. The zero-order valence-electron chi connectivity index (χ0n) is 9.89. The van der Waals surface area contributed by atoms with Crippen molar-refractivity contribution in [2.45, 2.75) is 31.5 Å². The van der Waals surface area contributed by atoms with Crippen molar-refractivity contribution in [3.8, 4) is 0 Å². The third-order valence-corrected chi connectivity index (χ3v) is 4.22. The molecule has 2 rings (SSSR count). The maximum atomic E-state index is 10.7. The number of carbonyl (C=O) groups is 1. The summed E-state index contributed by atoms with van der Waals surface area (Å²) in [7, 11) is 0. The molecule has 2 heterocycles. The van der Waals surface area contributed by atoms with Crippen LogP contribution in [0.4, 0.5) is 0 Å². The molecule has 1 aromatic heterocycles. The van der Waals surface area contributed by atoms with E-state index in [0.29, 0.717) is 13.0 Å². The fourth-order valence-corrected chi connectivity index (χ4v) is 3.09. The van der Waals surface area contributed by atoms with Crippen LogP contribution < -0.4 is 5.32 Å². The van der Waals surface area contributed by atoms with Crippen molar-refractivity contribution in [3.63, 3.8) is 0 Å². The van der Waals surface area contributed by atoms with E-state index in [4.69, 9.17) is 21.4 Å². The topological polar surface area (TPSA) is 58.6 Å². The molecule has 0 radical (unpaired) electrons. The van der Waals surface area contributed by atoms with Crippen LogP contribution >= 0.6 is 22.9 Å². The van der Waals surface area contributed by atoms with E-state index in [1.165, 1.54) is 4.88 Å². The van der Waals surface area contributed by atoms with Crippen molar-refractivity contribution in [1.29, 1.82) is 0 Å². The van der Waals surface area contributed by atoms with Crippen LogP contribution in [0.1, 0.15) is 17.7 Å². The van der Waals surface area contributed by atoms with E-state index in [1.54, 1.807) is 11.3 Å². The van der Waals surface area contributed by atoms with Crippen molar-refractivity contribution in [1.82, 2.24) is 5.32 Å². The monoisotopic (exact) mass is 289 g/mol. The zero-order chi connectivity index (χ0) is 13.0. The summed E-state index contributed by atoms with van der Waals surface area (Å²) in [6.07, 6.45) is 1.77. The van der Waals surface area contributed by atoms with Crippen LogP contribution in [0.5, 0.6) is 0 Å². The molecule has 2 N–H and O–H groups in total. The molecule has 1 aliphatic heterocycles. The van der Waals surface area contributed by atoms with Gasteiger partial charge in [0.15, 0.2) is 6.10 Å². The second-order valence-corrected chi connectivity index (χ2v) is 6.12. The molecule has 18 heavy (non-hydrogen) atoms. The average molecular weight is 290 g/mol. The van der Waals surface area contributed by atoms with Crippen LogP contribution in [0.3, 0.4) is 0 Å². The van der Waals surface area contributed by atoms with Crippen LogP contribution in [0.15, 0.2) is 12.1 Å². The second kappa shape index (κ2) is 6.52. The molecule has 4 nitrogen and oxygen atoms in total. The number of aliphatic carboxylic acids is 1. The minimum Gasteiger partial charge on any atom is -0.479 e. The van der Waals surface area contributed by atoms with Gasteiger partial charge in [-0.25, -0.2) is 4.79 Å². The van der Waals surface area contributed by atoms with Gasteiger partial charge in [-0.1, -0.05) is 11.6 Å². The first-order chi connectivity index (χ1) is 8.65. The summed E-state index contributed by atoms with van der Waals surface area (Å²) in [5.74, 6) is -0.856. The minimum atomic E-state index is -0.856. The van der Waals surface area contributed by atoms with Gasteiger partial charge < -0.3 is 15.2 Å². The molecule has 6 heteroatoms. The van der Waals surface area contributed by atoms with Gasteiger partial charge in [0.05, 0.1) is 10.4 Å².